The number of nitrogens with zero attached hydrogens (tertiary/aromatic N) is 3. The number of amides is 1. The van der Waals surface area contributed by atoms with Crippen molar-refractivity contribution < 1.29 is 9.21 Å². The molecule has 9 heteroatoms. The third kappa shape index (κ3) is 6.95. The predicted molar refractivity (Wildman–Crippen MR) is 137 cm³/mol. The maximum absolute atomic E-state index is 13.7. The lowest BCUT2D eigenvalue weighted by molar-refractivity contribution is -0.120. The van der Waals surface area contributed by atoms with Crippen LogP contribution in [0.15, 0.2) is 62.7 Å². The quantitative estimate of drug-likeness (QED) is 0.410. The van der Waals surface area contributed by atoms with Gasteiger partial charge >= 0.3 is 5.69 Å². The fourth-order valence-electron chi connectivity index (χ4n) is 3.97. The van der Waals surface area contributed by atoms with Gasteiger partial charge in [0.15, 0.2) is 5.69 Å². The molecule has 0 aliphatic heterocycles. The Bertz CT molecular complexity index is 1200. The van der Waals surface area contributed by atoms with Crippen LogP contribution in [-0.2, 0) is 24.4 Å². The van der Waals surface area contributed by atoms with E-state index in [0.29, 0.717) is 32.6 Å². The van der Waals surface area contributed by atoms with Gasteiger partial charge in [0, 0.05) is 19.6 Å². The van der Waals surface area contributed by atoms with Crippen LogP contribution >= 0.6 is 0 Å². The summed E-state index contributed by atoms with van der Waals surface area (Å²) in [6.45, 7) is 7.56. The average Bonchev–Trinajstić information content (AvgIpc) is 3.32. The molecule has 0 bridgehead atoms. The van der Waals surface area contributed by atoms with E-state index in [9.17, 15) is 14.4 Å². The molecule has 3 N–H and O–H groups in total. The summed E-state index contributed by atoms with van der Waals surface area (Å²) < 4.78 is 6.85. The molecule has 3 aromatic rings. The minimum absolute atomic E-state index is 0.0116. The number of furan rings is 1. The van der Waals surface area contributed by atoms with Crippen molar-refractivity contribution in [3.63, 3.8) is 0 Å². The summed E-state index contributed by atoms with van der Waals surface area (Å²) in [4.78, 5) is 44.7. The molecule has 0 atom stereocenters. The molecule has 3 rings (SSSR count). The van der Waals surface area contributed by atoms with Crippen LogP contribution < -0.4 is 21.9 Å². The first-order valence-corrected chi connectivity index (χ1v) is 12.0. The zero-order valence-electron chi connectivity index (χ0n) is 20.7. The van der Waals surface area contributed by atoms with Gasteiger partial charge < -0.3 is 15.1 Å². The number of unbranched alkanes of at least 4 members (excludes halogenated alkanes) is 1. The van der Waals surface area contributed by atoms with E-state index in [0.717, 1.165) is 17.7 Å². The number of nitrogen functional groups attached to an aromatic ring is 1. The number of carbonyl (C=O) groups excluding carboxylic acids is 1. The molecule has 0 saturated heterocycles. The smallest absolute Gasteiger partial charge is 0.330 e. The van der Waals surface area contributed by atoms with Crippen LogP contribution in [0, 0.1) is 5.92 Å². The number of nitrogens with two attached hydrogens (primary N) is 1. The number of hydrogen-bond donors (Lipinski definition) is 2. The van der Waals surface area contributed by atoms with E-state index in [-0.39, 0.29) is 29.9 Å². The second-order valence-electron chi connectivity index (χ2n) is 9.11. The Morgan fingerprint density at radius 3 is 2.49 bits per heavy atom. The minimum Gasteiger partial charge on any atom is -0.468 e. The Morgan fingerprint density at radius 2 is 1.86 bits per heavy atom. The van der Waals surface area contributed by atoms with E-state index in [1.54, 1.807) is 6.26 Å². The Hall–Kier alpha value is -3.59. The van der Waals surface area contributed by atoms with Crippen LogP contribution in [0.1, 0.15) is 44.9 Å². The molecule has 0 fully saturated rings. The molecular formula is C26H35N5O4. The number of benzene rings is 1. The monoisotopic (exact) mass is 481 g/mol. The van der Waals surface area contributed by atoms with Crippen LogP contribution in [0.4, 0.5) is 11.5 Å². The van der Waals surface area contributed by atoms with E-state index in [4.69, 9.17) is 10.2 Å². The largest absolute Gasteiger partial charge is 0.468 e. The summed E-state index contributed by atoms with van der Waals surface area (Å²) in [6, 6.07) is 13.5. The van der Waals surface area contributed by atoms with E-state index >= 15 is 0 Å². The lowest BCUT2D eigenvalue weighted by Gasteiger charge is -2.28. The molecule has 0 unspecified atom stereocenters. The van der Waals surface area contributed by atoms with Crippen LogP contribution in [-0.4, -0.2) is 33.4 Å². The number of carbonyl (C=O) groups is 1. The van der Waals surface area contributed by atoms with Crippen molar-refractivity contribution in [3.05, 3.63) is 80.9 Å². The first-order valence-electron chi connectivity index (χ1n) is 12.0. The van der Waals surface area contributed by atoms with Crippen molar-refractivity contribution in [2.75, 3.05) is 23.7 Å². The topological polar surface area (TPSA) is 118 Å². The molecule has 188 valence electrons. The van der Waals surface area contributed by atoms with Crippen LogP contribution in [0.5, 0.6) is 0 Å². The van der Waals surface area contributed by atoms with E-state index in [1.165, 1.54) is 9.47 Å². The van der Waals surface area contributed by atoms with Crippen LogP contribution in [0.2, 0.25) is 0 Å². The summed E-state index contributed by atoms with van der Waals surface area (Å²) >= 11 is 0. The molecule has 0 saturated carbocycles. The zero-order chi connectivity index (χ0) is 25.4. The van der Waals surface area contributed by atoms with Gasteiger partial charge in [0.1, 0.15) is 11.6 Å². The number of aromatic nitrogens is 2. The minimum atomic E-state index is -0.655. The van der Waals surface area contributed by atoms with Gasteiger partial charge in [0.2, 0.25) is 5.91 Å². The molecule has 0 spiro atoms. The Kier molecular flexibility index (Phi) is 9.08. The fourth-order valence-corrected chi connectivity index (χ4v) is 3.97. The van der Waals surface area contributed by atoms with E-state index in [2.05, 4.69) is 4.98 Å². The first-order chi connectivity index (χ1) is 16.8. The van der Waals surface area contributed by atoms with Crippen molar-refractivity contribution in [1.29, 1.82) is 0 Å². The molecule has 0 radical (unpaired) electrons. The molecule has 2 aromatic heterocycles. The van der Waals surface area contributed by atoms with Crippen molar-refractivity contribution in [2.24, 2.45) is 5.92 Å². The molecule has 9 nitrogen and oxygen atoms in total. The molecule has 2 heterocycles. The van der Waals surface area contributed by atoms with Gasteiger partial charge in [0.25, 0.3) is 5.56 Å². The highest BCUT2D eigenvalue weighted by Gasteiger charge is 2.26. The number of nitrogens with one attached hydrogen (secondary N) is 1. The van der Waals surface area contributed by atoms with Crippen molar-refractivity contribution >= 4 is 17.4 Å². The lowest BCUT2D eigenvalue weighted by Crippen LogP contribution is -2.45. The maximum atomic E-state index is 13.7. The van der Waals surface area contributed by atoms with E-state index in [1.807, 2.05) is 68.1 Å². The van der Waals surface area contributed by atoms with Crippen molar-refractivity contribution in [3.8, 4) is 0 Å². The van der Waals surface area contributed by atoms with Crippen LogP contribution in [0.3, 0.4) is 0 Å². The molecule has 0 aliphatic rings. The van der Waals surface area contributed by atoms with Gasteiger partial charge in [0.05, 0.1) is 19.4 Å². The molecule has 1 aromatic carbocycles. The molecular weight excluding hydrogens is 446 g/mol. The summed E-state index contributed by atoms with van der Waals surface area (Å²) in [6.07, 6.45) is 3.11. The standard InChI is InChI=1S/C26H35N5O4/c1-4-5-13-30(23-24(27)31(15-19(2)3)26(34)28-25(23)33)22(32)18-29(17-21-12-9-14-35-21)16-20-10-7-6-8-11-20/h6-12,14,19H,4-5,13,15-18,27H2,1-3H3,(H,28,33,34). The fraction of sp³-hybridized carbons (Fsp3) is 0.423. The second kappa shape index (κ2) is 12.2. The average molecular weight is 482 g/mol. The lowest BCUT2D eigenvalue weighted by atomic mass is 10.2. The molecule has 0 aliphatic carbocycles. The highest BCUT2D eigenvalue weighted by molar-refractivity contribution is 5.96. The zero-order valence-corrected chi connectivity index (χ0v) is 20.7. The number of rotatable bonds is 12. The highest BCUT2D eigenvalue weighted by atomic mass is 16.3. The van der Waals surface area contributed by atoms with Gasteiger partial charge in [-0.25, -0.2) is 4.79 Å². The molecule has 35 heavy (non-hydrogen) atoms. The van der Waals surface area contributed by atoms with Crippen LogP contribution in [0.25, 0.3) is 0 Å². The molecule has 1 amide bonds. The normalized spacial score (nSPS) is 11.3. The first kappa shape index (κ1) is 26.0. The highest BCUT2D eigenvalue weighted by Crippen LogP contribution is 2.20. The summed E-state index contributed by atoms with van der Waals surface area (Å²) in [5.41, 5.74) is 6.18. The van der Waals surface area contributed by atoms with Gasteiger partial charge in [-0.2, -0.15) is 0 Å². The summed E-state index contributed by atoms with van der Waals surface area (Å²) in [7, 11) is 0. The number of aromatic amines is 1. The van der Waals surface area contributed by atoms with Gasteiger partial charge in [-0.3, -0.25) is 24.0 Å². The van der Waals surface area contributed by atoms with Gasteiger partial charge in [-0.05, 0) is 30.0 Å². The maximum Gasteiger partial charge on any atom is 0.330 e. The SMILES string of the molecule is CCCCN(C(=O)CN(Cc1ccccc1)Cc1ccco1)c1c(N)n(CC(C)C)c(=O)[nH]c1=O. The van der Waals surface area contributed by atoms with E-state index < -0.39 is 11.2 Å². The second-order valence-corrected chi connectivity index (χ2v) is 9.11. The number of H-pyrrole nitrogens is 1. The number of anilines is 2. The summed E-state index contributed by atoms with van der Waals surface area (Å²) in [5, 5.41) is 0. The predicted octanol–water partition coefficient (Wildman–Crippen LogP) is 3.20. The Morgan fingerprint density at radius 1 is 1.11 bits per heavy atom. The van der Waals surface area contributed by atoms with Crippen molar-refractivity contribution in [1.82, 2.24) is 14.5 Å². The van der Waals surface area contributed by atoms with Gasteiger partial charge in [-0.1, -0.05) is 57.5 Å². The third-order valence-corrected chi connectivity index (χ3v) is 5.64. The third-order valence-electron chi connectivity index (χ3n) is 5.64. The van der Waals surface area contributed by atoms with Gasteiger partial charge in [-0.15, -0.1) is 0 Å². The van der Waals surface area contributed by atoms with Crippen molar-refractivity contribution in [2.45, 2.75) is 53.2 Å². The Balaban J connectivity index is 1.94. The Labute approximate surface area is 205 Å². The number of hydrogen-bond acceptors (Lipinski definition) is 6. The summed E-state index contributed by atoms with van der Waals surface area (Å²) in [5.74, 6) is 0.602.